The third-order valence-corrected chi connectivity index (χ3v) is 4.49. The van der Waals surface area contributed by atoms with Crippen LogP contribution >= 0.6 is 0 Å². The van der Waals surface area contributed by atoms with Crippen molar-refractivity contribution in [2.45, 2.75) is 19.7 Å². The Morgan fingerprint density at radius 2 is 1.77 bits per heavy atom. The number of primary amides is 1. The Hall–Kier alpha value is -3.42. The highest BCUT2D eigenvalue weighted by molar-refractivity contribution is 5.93. The van der Waals surface area contributed by atoms with E-state index >= 15 is 0 Å². The molecule has 0 heterocycles. The van der Waals surface area contributed by atoms with Crippen LogP contribution in [0.3, 0.4) is 0 Å². The highest BCUT2D eigenvalue weighted by Gasteiger charge is 2.30. The Balaban J connectivity index is 1.84. The number of alkyl halides is 3. The molecule has 0 aliphatic heterocycles. The molecule has 8 heteroatoms. The molecule has 3 nitrogen and oxygen atoms in total. The van der Waals surface area contributed by atoms with Gasteiger partial charge in [-0.05, 0) is 59.5 Å². The van der Waals surface area contributed by atoms with Gasteiger partial charge in [-0.15, -0.1) is 0 Å². The van der Waals surface area contributed by atoms with Crippen molar-refractivity contribution in [3.05, 3.63) is 88.5 Å². The molecule has 0 atom stereocenters. The zero-order valence-corrected chi connectivity index (χ0v) is 15.7. The molecule has 156 valence electrons. The molecule has 2 N–H and O–H groups in total. The first kappa shape index (κ1) is 21.3. The molecule has 0 bridgehead atoms. The van der Waals surface area contributed by atoms with Gasteiger partial charge in [0.2, 0.25) is 0 Å². The van der Waals surface area contributed by atoms with Gasteiger partial charge in [0.25, 0.3) is 5.91 Å². The molecule has 3 aromatic carbocycles. The fourth-order valence-electron chi connectivity index (χ4n) is 3.02. The van der Waals surface area contributed by atoms with Crippen LogP contribution in [0.25, 0.3) is 11.1 Å². The molecule has 0 spiro atoms. The lowest BCUT2D eigenvalue weighted by Crippen LogP contribution is -2.16. The Bertz CT molecular complexity index is 1110. The Morgan fingerprint density at radius 3 is 2.40 bits per heavy atom. The topological polar surface area (TPSA) is 52.3 Å². The van der Waals surface area contributed by atoms with Crippen molar-refractivity contribution in [3.8, 4) is 16.9 Å². The van der Waals surface area contributed by atoms with Gasteiger partial charge >= 0.3 is 6.18 Å². The van der Waals surface area contributed by atoms with E-state index in [4.69, 9.17) is 10.5 Å². The largest absolute Gasteiger partial charge is 0.486 e. The summed E-state index contributed by atoms with van der Waals surface area (Å²) >= 11 is 0. The van der Waals surface area contributed by atoms with E-state index in [2.05, 4.69) is 0 Å². The first-order chi connectivity index (χ1) is 14.1. The molecule has 30 heavy (non-hydrogen) atoms. The van der Waals surface area contributed by atoms with E-state index in [0.29, 0.717) is 22.3 Å². The van der Waals surface area contributed by atoms with Crippen LogP contribution in [0.15, 0.2) is 54.6 Å². The Morgan fingerprint density at radius 1 is 1.03 bits per heavy atom. The molecule has 1 amide bonds. The van der Waals surface area contributed by atoms with Crippen molar-refractivity contribution in [1.82, 2.24) is 0 Å². The van der Waals surface area contributed by atoms with Gasteiger partial charge in [0.1, 0.15) is 18.0 Å². The SMILES string of the molecule is Cc1cc(C(F)(F)F)ccc1-c1cccc(COc2ccc(F)c(C(N)=O)c2F)c1. The molecule has 0 saturated heterocycles. The number of carbonyl (C=O) groups is 1. The van der Waals surface area contributed by atoms with Gasteiger partial charge in [-0.2, -0.15) is 13.2 Å². The highest BCUT2D eigenvalue weighted by atomic mass is 19.4. The number of halogens is 5. The summed E-state index contributed by atoms with van der Waals surface area (Å²) in [5.41, 5.74) is 5.65. The Kier molecular flexibility index (Phi) is 5.78. The lowest BCUT2D eigenvalue weighted by Gasteiger charge is -2.13. The summed E-state index contributed by atoms with van der Waals surface area (Å²) in [5, 5.41) is 0. The third-order valence-electron chi connectivity index (χ3n) is 4.49. The van der Waals surface area contributed by atoms with Gasteiger partial charge < -0.3 is 10.5 Å². The maximum Gasteiger partial charge on any atom is 0.416 e. The van der Waals surface area contributed by atoms with E-state index in [1.165, 1.54) is 6.07 Å². The third kappa shape index (κ3) is 4.42. The van der Waals surface area contributed by atoms with Crippen LogP contribution in [0, 0.1) is 18.6 Å². The van der Waals surface area contributed by atoms with Crippen molar-refractivity contribution in [2.75, 3.05) is 0 Å². The quantitative estimate of drug-likeness (QED) is 0.543. The zero-order valence-electron chi connectivity index (χ0n) is 15.7. The molecule has 0 saturated carbocycles. The fraction of sp³-hybridized carbons (Fsp3) is 0.136. The number of hydrogen-bond donors (Lipinski definition) is 1. The van der Waals surface area contributed by atoms with Crippen LogP contribution in [-0.4, -0.2) is 5.91 Å². The predicted octanol–water partition coefficient (Wildman–Crippen LogP) is 5.64. The van der Waals surface area contributed by atoms with Gasteiger partial charge in [0.15, 0.2) is 11.6 Å². The van der Waals surface area contributed by atoms with Crippen LogP contribution < -0.4 is 10.5 Å². The minimum atomic E-state index is -4.43. The first-order valence-electron chi connectivity index (χ1n) is 8.75. The number of rotatable bonds is 5. The monoisotopic (exact) mass is 421 g/mol. The van der Waals surface area contributed by atoms with Gasteiger partial charge in [-0.3, -0.25) is 4.79 Å². The number of ether oxygens (including phenoxy) is 1. The second-order valence-electron chi connectivity index (χ2n) is 6.62. The number of benzene rings is 3. The van der Waals surface area contributed by atoms with Crippen LogP contribution in [0.2, 0.25) is 0 Å². The number of amides is 1. The van der Waals surface area contributed by atoms with Crippen molar-refractivity contribution in [2.24, 2.45) is 5.73 Å². The molecule has 3 aromatic rings. The highest BCUT2D eigenvalue weighted by Crippen LogP contribution is 2.33. The molecular formula is C22H16F5NO2. The summed E-state index contributed by atoms with van der Waals surface area (Å²) in [7, 11) is 0. The second kappa shape index (κ2) is 8.14. The van der Waals surface area contributed by atoms with E-state index in [0.717, 1.165) is 24.3 Å². The van der Waals surface area contributed by atoms with Gasteiger partial charge in [-0.25, -0.2) is 8.78 Å². The van der Waals surface area contributed by atoms with E-state index in [1.807, 2.05) is 0 Å². The zero-order chi connectivity index (χ0) is 22.1. The normalized spacial score (nSPS) is 11.4. The van der Waals surface area contributed by atoms with Crippen molar-refractivity contribution < 1.29 is 31.5 Å². The van der Waals surface area contributed by atoms with Crippen molar-refractivity contribution in [3.63, 3.8) is 0 Å². The first-order valence-corrected chi connectivity index (χ1v) is 8.75. The van der Waals surface area contributed by atoms with E-state index in [1.54, 1.807) is 31.2 Å². The molecule has 0 fully saturated rings. The van der Waals surface area contributed by atoms with Gasteiger partial charge in [-0.1, -0.05) is 24.3 Å². The van der Waals surface area contributed by atoms with Crippen LogP contribution in [0.4, 0.5) is 22.0 Å². The smallest absolute Gasteiger partial charge is 0.416 e. The molecule has 0 aromatic heterocycles. The molecule has 3 rings (SSSR count). The molecule has 0 unspecified atom stereocenters. The van der Waals surface area contributed by atoms with Crippen LogP contribution in [-0.2, 0) is 12.8 Å². The summed E-state index contributed by atoms with van der Waals surface area (Å²) in [6.07, 6.45) is -4.43. The standard InChI is InChI=1S/C22H16F5NO2/c1-12-9-15(22(25,26)27)5-6-16(12)14-4-2-3-13(10-14)11-30-18-8-7-17(23)19(20(18)24)21(28)29/h2-10H,11H2,1H3,(H2,28,29). The van der Waals surface area contributed by atoms with Crippen molar-refractivity contribution >= 4 is 5.91 Å². The maximum absolute atomic E-state index is 14.3. The Labute approximate surface area is 168 Å². The lowest BCUT2D eigenvalue weighted by molar-refractivity contribution is -0.137. The molecular weight excluding hydrogens is 405 g/mol. The number of carbonyl (C=O) groups excluding carboxylic acids is 1. The summed E-state index contributed by atoms with van der Waals surface area (Å²) in [5.74, 6) is -3.89. The minimum absolute atomic E-state index is 0.117. The molecule has 0 aliphatic carbocycles. The number of nitrogens with two attached hydrogens (primary N) is 1. The van der Waals surface area contributed by atoms with Crippen LogP contribution in [0.5, 0.6) is 5.75 Å². The van der Waals surface area contributed by atoms with E-state index in [-0.39, 0.29) is 12.4 Å². The van der Waals surface area contributed by atoms with Gasteiger partial charge in [0.05, 0.1) is 5.56 Å². The summed E-state index contributed by atoms with van der Waals surface area (Å²) in [6.45, 7) is 1.46. The average molecular weight is 421 g/mol. The summed E-state index contributed by atoms with van der Waals surface area (Å²) in [4.78, 5) is 11.2. The average Bonchev–Trinajstić information content (AvgIpc) is 2.66. The number of aryl methyl sites for hydroxylation is 1. The van der Waals surface area contributed by atoms with E-state index in [9.17, 15) is 26.7 Å². The maximum atomic E-state index is 14.3. The van der Waals surface area contributed by atoms with Crippen molar-refractivity contribution in [1.29, 1.82) is 0 Å². The lowest BCUT2D eigenvalue weighted by atomic mass is 9.97. The molecule has 0 aliphatic rings. The van der Waals surface area contributed by atoms with Crippen LogP contribution in [0.1, 0.15) is 27.0 Å². The predicted molar refractivity (Wildman–Crippen MR) is 101 cm³/mol. The summed E-state index contributed by atoms with van der Waals surface area (Å²) < 4.78 is 71.8. The number of hydrogen-bond acceptors (Lipinski definition) is 2. The minimum Gasteiger partial charge on any atom is -0.486 e. The molecule has 0 radical (unpaired) electrons. The second-order valence-corrected chi connectivity index (χ2v) is 6.62. The fourth-order valence-corrected chi connectivity index (χ4v) is 3.02. The van der Waals surface area contributed by atoms with E-state index < -0.39 is 34.8 Å². The summed E-state index contributed by atoms with van der Waals surface area (Å²) in [6, 6.07) is 12.1. The van der Waals surface area contributed by atoms with Gasteiger partial charge in [0, 0.05) is 0 Å².